The lowest BCUT2D eigenvalue weighted by Crippen LogP contribution is -2.11. The number of thiophene rings is 1. The van der Waals surface area contributed by atoms with Gasteiger partial charge in [0.15, 0.2) is 11.6 Å². The molecule has 1 unspecified atom stereocenters. The van der Waals surface area contributed by atoms with Crippen LogP contribution in [0.25, 0.3) is 0 Å². The Bertz CT molecular complexity index is 896. The number of anilines is 2. The molecule has 0 aliphatic carbocycles. The van der Waals surface area contributed by atoms with Gasteiger partial charge in [-0.2, -0.15) is 8.75 Å². The monoisotopic (exact) mass is 591 g/mol. The molecule has 0 aromatic carbocycles. The van der Waals surface area contributed by atoms with Gasteiger partial charge >= 0.3 is 0 Å². The number of aromatic nitrogens is 2. The molecule has 0 fully saturated rings. The number of thioether (sulfide) groups is 1. The molecule has 2 aromatic heterocycles. The quantitative estimate of drug-likeness (QED) is 0.176. The molecule has 0 aliphatic heterocycles. The molecule has 4 N–H and O–H groups in total. The normalized spacial score (nSPS) is 11.1. The Morgan fingerprint density at radius 2 is 1.68 bits per heavy atom. The molecule has 2 heterocycles. The van der Waals surface area contributed by atoms with Gasteiger partial charge in [-0.05, 0) is 44.9 Å². The number of terminal acetylenes is 1. The second kappa shape index (κ2) is 27.2. The number of rotatable bonds is 9. The molecule has 2 rings (SSSR count). The van der Waals surface area contributed by atoms with Gasteiger partial charge in [-0.3, -0.25) is 0 Å². The number of allylic oxidation sites excluding steroid dienone is 1. The minimum Gasteiger partial charge on any atom is -0.511 e. The van der Waals surface area contributed by atoms with Crippen molar-refractivity contribution in [2.45, 2.75) is 67.9 Å². The van der Waals surface area contributed by atoms with Crippen LogP contribution in [0.1, 0.15) is 62.8 Å². The summed E-state index contributed by atoms with van der Waals surface area (Å²) in [5.74, 6) is 1.32. The molecular weight excluding hydrogens is 547 g/mol. The van der Waals surface area contributed by atoms with E-state index >= 15 is 0 Å². The van der Waals surface area contributed by atoms with Crippen LogP contribution in [0.5, 0.6) is 0 Å². The Balaban J connectivity index is -0.000000904. The van der Waals surface area contributed by atoms with Crippen LogP contribution in [-0.4, -0.2) is 39.3 Å². The summed E-state index contributed by atoms with van der Waals surface area (Å²) in [6.07, 6.45) is 12.2. The van der Waals surface area contributed by atoms with Crippen molar-refractivity contribution < 1.29 is 14.1 Å². The minimum atomic E-state index is -1.44. The summed E-state index contributed by atoms with van der Waals surface area (Å²) in [5, 5.41) is 17.6. The average molecular weight is 592 g/mol. The molecule has 8 nitrogen and oxygen atoms in total. The highest BCUT2D eigenvalue weighted by Gasteiger charge is 2.10. The van der Waals surface area contributed by atoms with E-state index in [1.807, 2.05) is 0 Å². The second-order valence-electron chi connectivity index (χ2n) is 7.00. The van der Waals surface area contributed by atoms with Gasteiger partial charge in [-0.1, -0.05) is 52.3 Å². The van der Waals surface area contributed by atoms with Crippen molar-refractivity contribution in [2.24, 2.45) is 0 Å². The number of nitrogens with one attached hydrogen (secondary N) is 3. The third kappa shape index (κ3) is 19.8. The number of aryl methyl sites for hydroxylation is 2. The number of nitrogens with zero attached hydrogens (tertiary/aromatic N) is 2. The fourth-order valence-electron chi connectivity index (χ4n) is 1.87. The topological polar surface area (TPSA) is 108 Å². The molecule has 12 heteroatoms. The van der Waals surface area contributed by atoms with E-state index in [1.54, 1.807) is 44.2 Å². The first-order valence-corrected chi connectivity index (χ1v) is 15.2. The van der Waals surface area contributed by atoms with E-state index in [4.69, 9.17) is 0 Å². The maximum atomic E-state index is 11.8. The van der Waals surface area contributed by atoms with Crippen molar-refractivity contribution in [3.8, 4) is 12.8 Å². The van der Waals surface area contributed by atoms with E-state index in [1.165, 1.54) is 35.1 Å². The molecular formula is C25H45N5O3S4. The van der Waals surface area contributed by atoms with E-state index in [0.717, 1.165) is 23.5 Å². The molecule has 1 atom stereocenters. The summed E-state index contributed by atoms with van der Waals surface area (Å²) in [4.78, 5) is 2.56. The largest absolute Gasteiger partial charge is 0.511 e. The number of methoxy groups -OCH3 is 1. The molecule has 0 saturated carbocycles. The lowest BCUT2D eigenvalue weighted by molar-refractivity contribution is 0.277. The number of hydrogen-bond donors (Lipinski definition) is 4. The first-order chi connectivity index (χ1) is 17.7. The summed E-state index contributed by atoms with van der Waals surface area (Å²) < 4.78 is 27.4. The SMILES string of the molecule is C#C.CCC.CCC.CNS(=O)/C(S/C=C/Nc1nsnc1NCc1cc(C)c(C)s1)=C(/C)O.COC. The maximum Gasteiger partial charge on any atom is 0.188 e. The fraction of sp³-hybridized carbons (Fsp3) is 0.520. The van der Waals surface area contributed by atoms with Crippen LogP contribution in [0, 0.1) is 26.7 Å². The smallest absolute Gasteiger partial charge is 0.188 e. The zero-order chi connectivity index (χ0) is 29.2. The van der Waals surface area contributed by atoms with Crippen LogP contribution in [-0.2, 0) is 22.3 Å². The van der Waals surface area contributed by atoms with E-state index in [0.29, 0.717) is 22.4 Å². The molecule has 37 heavy (non-hydrogen) atoms. The highest BCUT2D eigenvalue weighted by Crippen LogP contribution is 2.25. The molecule has 212 valence electrons. The van der Waals surface area contributed by atoms with Crippen molar-refractivity contribution in [1.29, 1.82) is 0 Å². The van der Waals surface area contributed by atoms with Crippen LogP contribution in [0.15, 0.2) is 27.7 Å². The number of aliphatic hydroxyl groups is 1. The zero-order valence-electron chi connectivity index (χ0n) is 23.8. The third-order valence-corrected chi connectivity index (χ3v) is 7.46. The molecule has 2 aromatic rings. The second-order valence-corrected chi connectivity index (χ2v) is 11.4. The van der Waals surface area contributed by atoms with Gasteiger partial charge in [-0.25, -0.2) is 8.93 Å². The Kier molecular flexibility index (Phi) is 29.1. The van der Waals surface area contributed by atoms with Crippen molar-refractivity contribution in [3.05, 3.63) is 43.0 Å². The van der Waals surface area contributed by atoms with Gasteiger partial charge in [0, 0.05) is 30.2 Å². The maximum absolute atomic E-state index is 11.8. The van der Waals surface area contributed by atoms with E-state index < -0.39 is 11.0 Å². The number of aliphatic hydroxyl groups excluding tert-OH is 1. The van der Waals surface area contributed by atoms with Crippen molar-refractivity contribution in [1.82, 2.24) is 13.5 Å². The predicted molar refractivity (Wildman–Crippen MR) is 169 cm³/mol. The molecule has 0 saturated heterocycles. The van der Waals surface area contributed by atoms with Crippen molar-refractivity contribution in [2.75, 3.05) is 31.9 Å². The lowest BCUT2D eigenvalue weighted by atomic mass is 10.3. The summed E-state index contributed by atoms with van der Waals surface area (Å²) in [6, 6.07) is 2.17. The van der Waals surface area contributed by atoms with Crippen LogP contribution in [0.3, 0.4) is 0 Å². The standard InChI is InChI=1S/C15H21N5O2S4.2C3H8.C2H6O.C2H2/c1-9-7-12(24-11(9)3)8-18-14-13(19-25-20-14)17-5-6-23-15(10(2)21)26(22)16-4;3*1-3-2;1-2/h5-7,16,21H,8H2,1-4H3,(H,17,19)(H,18,20);2*3H2,1-2H3;1-2H3;1-2H/b6-5+,15-10-;;;;. The summed E-state index contributed by atoms with van der Waals surface area (Å²) >= 11 is 4.05. The lowest BCUT2D eigenvalue weighted by Gasteiger charge is -2.05. The number of ether oxygens (including phenoxy) is 1. The molecule has 0 bridgehead atoms. The van der Waals surface area contributed by atoms with Crippen molar-refractivity contribution >= 4 is 57.4 Å². The molecule has 0 aliphatic rings. The molecule has 0 amide bonds. The predicted octanol–water partition coefficient (Wildman–Crippen LogP) is 7.42. The summed E-state index contributed by atoms with van der Waals surface area (Å²) in [7, 11) is 3.38. The van der Waals surface area contributed by atoms with E-state index in [-0.39, 0.29) is 5.76 Å². The van der Waals surface area contributed by atoms with Crippen LogP contribution < -0.4 is 15.4 Å². The summed E-state index contributed by atoms with van der Waals surface area (Å²) in [5.41, 5.74) is 1.29. The van der Waals surface area contributed by atoms with Gasteiger partial charge in [0.05, 0.1) is 18.3 Å². The number of hydrogen-bond acceptors (Lipinski definition) is 10. The summed E-state index contributed by atoms with van der Waals surface area (Å²) in [6.45, 7) is 14.9. The van der Waals surface area contributed by atoms with Gasteiger partial charge in [0.2, 0.25) is 0 Å². The first-order valence-electron chi connectivity index (χ1n) is 11.6. The fourth-order valence-corrected chi connectivity index (χ4v) is 5.01. The van der Waals surface area contributed by atoms with Crippen molar-refractivity contribution in [3.63, 3.8) is 0 Å². The minimum absolute atomic E-state index is 0.0200. The first kappa shape index (κ1) is 39.6. The van der Waals surface area contributed by atoms with Gasteiger partial charge < -0.3 is 20.5 Å². The highest BCUT2D eigenvalue weighted by molar-refractivity contribution is 8.17. The van der Waals surface area contributed by atoms with Gasteiger partial charge in [0.1, 0.15) is 21.0 Å². The molecule has 0 spiro atoms. The Labute approximate surface area is 239 Å². The van der Waals surface area contributed by atoms with Crippen LogP contribution in [0.2, 0.25) is 0 Å². The average Bonchev–Trinajstić information content (AvgIpc) is 3.45. The molecule has 0 radical (unpaired) electrons. The van der Waals surface area contributed by atoms with Crippen LogP contribution in [0.4, 0.5) is 11.6 Å². The third-order valence-electron chi connectivity index (χ3n) is 3.25. The Hall–Kier alpha value is -1.88. The van der Waals surface area contributed by atoms with Crippen LogP contribution >= 0.6 is 34.8 Å². The van der Waals surface area contributed by atoms with E-state index in [9.17, 15) is 9.32 Å². The Morgan fingerprint density at radius 3 is 2.11 bits per heavy atom. The van der Waals surface area contributed by atoms with Gasteiger partial charge in [0.25, 0.3) is 0 Å². The van der Waals surface area contributed by atoms with Gasteiger partial charge in [-0.15, -0.1) is 24.2 Å². The highest BCUT2D eigenvalue weighted by atomic mass is 32.2. The van der Waals surface area contributed by atoms with E-state index in [2.05, 4.69) is 89.3 Å². The Morgan fingerprint density at radius 1 is 1.16 bits per heavy atom. The zero-order valence-corrected chi connectivity index (χ0v) is 27.1.